The second-order valence-corrected chi connectivity index (χ2v) is 6.30. The molecule has 2 aromatic heterocycles. The van der Waals surface area contributed by atoms with Gasteiger partial charge in [-0.2, -0.15) is 5.10 Å². The SMILES string of the molecule is S=c1[nH]nc(Cc2ccc(N3CCOCC3)nc2)n1-c1ccccc1. The Hall–Kier alpha value is -2.51. The second-order valence-electron chi connectivity index (χ2n) is 5.92. The first-order chi connectivity index (χ1) is 12.3. The number of hydrogen-bond donors (Lipinski definition) is 1. The lowest BCUT2D eigenvalue weighted by molar-refractivity contribution is 0.122. The summed E-state index contributed by atoms with van der Waals surface area (Å²) < 4.78 is 7.95. The summed E-state index contributed by atoms with van der Waals surface area (Å²) in [4.78, 5) is 6.85. The molecule has 0 unspecified atom stereocenters. The number of aromatic amines is 1. The Morgan fingerprint density at radius 1 is 1.08 bits per heavy atom. The average molecular weight is 353 g/mol. The number of rotatable bonds is 4. The normalized spacial score (nSPS) is 14.6. The zero-order valence-corrected chi connectivity index (χ0v) is 14.6. The maximum atomic E-state index is 5.39. The number of para-hydroxylation sites is 1. The Labute approximate surface area is 151 Å². The number of nitrogens with zero attached hydrogens (tertiary/aromatic N) is 4. The van der Waals surface area contributed by atoms with E-state index in [0.29, 0.717) is 11.2 Å². The molecule has 0 saturated carbocycles. The molecule has 0 bridgehead atoms. The molecule has 1 fully saturated rings. The summed E-state index contributed by atoms with van der Waals surface area (Å²) in [5.41, 5.74) is 2.11. The van der Waals surface area contributed by atoms with Crippen molar-refractivity contribution in [2.24, 2.45) is 0 Å². The largest absolute Gasteiger partial charge is 0.378 e. The van der Waals surface area contributed by atoms with Crippen LogP contribution in [0, 0.1) is 4.77 Å². The van der Waals surface area contributed by atoms with Gasteiger partial charge in [-0.05, 0) is 36.0 Å². The number of benzene rings is 1. The van der Waals surface area contributed by atoms with Gasteiger partial charge in [0.25, 0.3) is 0 Å². The number of nitrogens with one attached hydrogen (secondary N) is 1. The molecule has 7 heteroatoms. The Morgan fingerprint density at radius 2 is 1.88 bits per heavy atom. The van der Waals surface area contributed by atoms with Crippen molar-refractivity contribution in [2.75, 3.05) is 31.2 Å². The van der Waals surface area contributed by atoms with Crippen LogP contribution < -0.4 is 4.90 Å². The van der Waals surface area contributed by atoms with E-state index in [-0.39, 0.29) is 0 Å². The average Bonchev–Trinajstić information content (AvgIpc) is 3.04. The van der Waals surface area contributed by atoms with E-state index in [1.54, 1.807) is 0 Å². The van der Waals surface area contributed by atoms with Crippen LogP contribution in [-0.4, -0.2) is 46.1 Å². The lowest BCUT2D eigenvalue weighted by atomic mass is 10.2. The zero-order chi connectivity index (χ0) is 17.1. The zero-order valence-electron chi connectivity index (χ0n) is 13.8. The molecule has 1 aliphatic heterocycles. The fraction of sp³-hybridized carbons (Fsp3) is 0.278. The Kier molecular flexibility index (Phi) is 4.58. The molecule has 0 spiro atoms. The third kappa shape index (κ3) is 3.47. The summed E-state index contributed by atoms with van der Waals surface area (Å²) in [6.45, 7) is 3.29. The summed E-state index contributed by atoms with van der Waals surface area (Å²) in [7, 11) is 0. The van der Waals surface area contributed by atoms with Crippen LogP contribution in [0.4, 0.5) is 5.82 Å². The van der Waals surface area contributed by atoms with Crippen LogP contribution in [0.3, 0.4) is 0 Å². The maximum Gasteiger partial charge on any atom is 0.199 e. The molecule has 0 amide bonds. The van der Waals surface area contributed by atoms with Crippen LogP contribution in [-0.2, 0) is 11.2 Å². The minimum atomic E-state index is 0.596. The molecule has 3 aromatic rings. The van der Waals surface area contributed by atoms with Crippen molar-refractivity contribution in [1.82, 2.24) is 19.7 Å². The molecular weight excluding hydrogens is 334 g/mol. The van der Waals surface area contributed by atoms with E-state index in [1.807, 2.05) is 41.1 Å². The van der Waals surface area contributed by atoms with Gasteiger partial charge in [0.1, 0.15) is 11.6 Å². The van der Waals surface area contributed by atoms with E-state index in [0.717, 1.165) is 49.2 Å². The molecule has 1 saturated heterocycles. The Balaban J connectivity index is 1.56. The van der Waals surface area contributed by atoms with Crippen LogP contribution in [0.25, 0.3) is 5.69 Å². The van der Waals surface area contributed by atoms with Crippen molar-refractivity contribution in [3.05, 3.63) is 64.8 Å². The lowest BCUT2D eigenvalue weighted by Crippen LogP contribution is -2.36. The number of aromatic nitrogens is 4. The fourth-order valence-corrected chi connectivity index (χ4v) is 3.23. The van der Waals surface area contributed by atoms with Gasteiger partial charge in [-0.15, -0.1) is 0 Å². The molecule has 1 aromatic carbocycles. The van der Waals surface area contributed by atoms with Gasteiger partial charge in [0.15, 0.2) is 4.77 Å². The summed E-state index contributed by atoms with van der Waals surface area (Å²) >= 11 is 5.39. The maximum absolute atomic E-state index is 5.39. The van der Waals surface area contributed by atoms with Gasteiger partial charge in [-0.25, -0.2) is 4.98 Å². The fourth-order valence-electron chi connectivity index (χ4n) is 2.97. The van der Waals surface area contributed by atoms with Crippen molar-refractivity contribution >= 4 is 18.0 Å². The number of anilines is 1. The van der Waals surface area contributed by atoms with Gasteiger partial charge in [0.05, 0.1) is 13.2 Å². The molecule has 6 nitrogen and oxygen atoms in total. The molecule has 0 radical (unpaired) electrons. The highest BCUT2D eigenvalue weighted by atomic mass is 32.1. The molecular formula is C18H19N5OS. The minimum absolute atomic E-state index is 0.596. The van der Waals surface area contributed by atoms with E-state index in [2.05, 4.69) is 32.2 Å². The van der Waals surface area contributed by atoms with Gasteiger partial charge < -0.3 is 9.64 Å². The smallest absolute Gasteiger partial charge is 0.199 e. The van der Waals surface area contributed by atoms with Crippen molar-refractivity contribution < 1.29 is 4.74 Å². The third-order valence-corrected chi connectivity index (χ3v) is 4.54. The number of H-pyrrole nitrogens is 1. The van der Waals surface area contributed by atoms with E-state index >= 15 is 0 Å². The number of morpholine rings is 1. The Bertz CT molecular complexity index is 882. The van der Waals surface area contributed by atoms with Crippen LogP contribution in [0.15, 0.2) is 48.7 Å². The van der Waals surface area contributed by atoms with Gasteiger partial charge >= 0.3 is 0 Å². The highest BCUT2D eigenvalue weighted by molar-refractivity contribution is 7.71. The van der Waals surface area contributed by atoms with Crippen LogP contribution in [0.5, 0.6) is 0 Å². The van der Waals surface area contributed by atoms with Gasteiger partial charge in [0, 0.05) is 31.4 Å². The van der Waals surface area contributed by atoms with Crippen LogP contribution >= 0.6 is 12.2 Å². The molecule has 128 valence electrons. The topological polar surface area (TPSA) is 59.0 Å². The van der Waals surface area contributed by atoms with Crippen molar-refractivity contribution in [1.29, 1.82) is 0 Å². The first-order valence-corrected chi connectivity index (χ1v) is 8.71. The third-order valence-electron chi connectivity index (χ3n) is 4.26. The first-order valence-electron chi connectivity index (χ1n) is 8.30. The predicted octanol–water partition coefficient (Wildman–Crippen LogP) is 2.75. The highest BCUT2D eigenvalue weighted by Crippen LogP contribution is 2.17. The summed E-state index contributed by atoms with van der Waals surface area (Å²) in [5, 5.41) is 7.28. The van der Waals surface area contributed by atoms with Crippen LogP contribution in [0.1, 0.15) is 11.4 Å². The van der Waals surface area contributed by atoms with Gasteiger partial charge in [-0.1, -0.05) is 24.3 Å². The summed E-state index contributed by atoms with van der Waals surface area (Å²) in [6.07, 6.45) is 2.58. The van der Waals surface area contributed by atoms with E-state index in [1.165, 1.54) is 0 Å². The van der Waals surface area contributed by atoms with E-state index in [9.17, 15) is 0 Å². The van der Waals surface area contributed by atoms with Gasteiger partial charge in [-0.3, -0.25) is 9.67 Å². The van der Waals surface area contributed by atoms with Gasteiger partial charge in [0.2, 0.25) is 0 Å². The monoisotopic (exact) mass is 353 g/mol. The highest BCUT2D eigenvalue weighted by Gasteiger charge is 2.13. The molecule has 0 atom stereocenters. The van der Waals surface area contributed by atoms with Crippen molar-refractivity contribution in [3.8, 4) is 5.69 Å². The molecule has 4 rings (SSSR count). The summed E-state index contributed by atoms with van der Waals surface area (Å²) in [6, 6.07) is 14.2. The molecule has 0 aliphatic carbocycles. The second kappa shape index (κ2) is 7.16. The first kappa shape index (κ1) is 16.0. The van der Waals surface area contributed by atoms with Crippen LogP contribution in [0.2, 0.25) is 0 Å². The quantitative estimate of drug-likeness (QED) is 0.731. The molecule has 1 N–H and O–H groups in total. The van der Waals surface area contributed by atoms with Crippen molar-refractivity contribution in [2.45, 2.75) is 6.42 Å². The number of ether oxygens (including phenoxy) is 1. The summed E-state index contributed by atoms with van der Waals surface area (Å²) in [5.74, 6) is 1.87. The standard InChI is InChI=1S/C18H19N5OS/c25-18-21-20-17(23(18)15-4-2-1-3-5-15)12-14-6-7-16(19-13-14)22-8-10-24-11-9-22/h1-7,13H,8-12H2,(H,21,25). The molecule has 25 heavy (non-hydrogen) atoms. The lowest BCUT2D eigenvalue weighted by Gasteiger charge is -2.27. The van der Waals surface area contributed by atoms with E-state index in [4.69, 9.17) is 17.0 Å². The number of hydrogen-bond acceptors (Lipinski definition) is 5. The number of pyridine rings is 1. The minimum Gasteiger partial charge on any atom is -0.378 e. The predicted molar refractivity (Wildman–Crippen MR) is 98.8 cm³/mol. The van der Waals surface area contributed by atoms with E-state index < -0.39 is 0 Å². The molecule has 3 heterocycles. The molecule has 1 aliphatic rings. The van der Waals surface area contributed by atoms with Crippen molar-refractivity contribution in [3.63, 3.8) is 0 Å². The Morgan fingerprint density at radius 3 is 2.60 bits per heavy atom.